The first-order chi connectivity index (χ1) is 7.67. The number of hydrogen-bond donors (Lipinski definition) is 1. The third kappa shape index (κ3) is 4.12. The van der Waals surface area contributed by atoms with E-state index in [-0.39, 0.29) is 0 Å². The summed E-state index contributed by atoms with van der Waals surface area (Å²) in [6, 6.07) is 0.689. The van der Waals surface area contributed by atoms with Gasteiger partial charge in [0.25, 0.3) is 0 Å². The molecule has 0 spiro atoms. The highest BCUT2D eigenvalue weighted by Crippen LogP contribution is 2.25. The van der Waals surface area contributed by atoms with Gasteiger partial charge in [0, 0.05) is 19.0 Å². The Morgan fingerprint density at radius 3 is 2.50 bits per heavy atom. The third-order valence-electron chi connectivity index (χ3n) is 3.54. The Morgan fingerprint density at radius 1 is 1.38 bits per heavy atom. The fourth-order valence-corrected chi connectivity index (χ4v) is 2.78. The Hall–Kier alpha value is -0.570. The zero-order chi connectivity index (χ0) is 12.0. The van der Waals surface area contributed by atoms with Gasteiger partial charge in [0.15, 0.2) is 0 Å². The second kappa shape index (κ2) is 6.89. The van der Waals surface area contributed by atoms with Crippen molar-refractivity contribution in [1.82, 2.24) is 4.90 Å². The van der Waals surface area contributed by atoms with Gasteiger partial charge in [-0.25, -0.2) is 0 Å². The van der Waals surface area contributed by atoms with Crippen LogP contribution in [-0.2, 0) is 4.79 Å². The molecule has 1 fully saturated rings. The van der Waals surface area contributed by atoms with Gasteiger partial charge in [-0.1, -0.05) is 26.7 Å². The van der Waals surface area contributed by atoms with E-state index in [1.807, 2.05) is 0 Å². The van der Waals surface area contributed by atoms with Crippen molar-refractivity contribution in [3.63, 3.8) is 0 Å². The zero-order valence-corrected chi connectivity index (χ0v) is 10.6. The Labute approximate surface area is 98.8 Å². The Balaban J connectivity index is 2.39. The SMILES string of the molecule is CCCC(CCC)N1CCC(CC(=O)O)C1. The van der Waals surface area contributed by atoms with E-state index >= 15 is 0 Å². The van der Waals surface area contributed by atoms with E-state index in [0.29, 0.717) is 18.4 Å². The second-order valence-corrected chi connectivity index (χ2v) is 4.98. The normalized spacial score (nSPS) is 21.8. The molecule has 1 aliphatic heterocycles. The van der Waals surface area contributed by atoms with E-state index in [0.717, 1.165) is 19.5 Å². The molecule has 1 unspecified atom stereocenters. The van der Waals surface area contributed by atoms with Crippen LogP contribution < -0.4 is 0 Å². The van der Waals surface area contributed by atoms with Crippen molar-refractivity contribution in [3.8, 4) is 0 Å². The first-order valence-electron chi connectivity index (χ1n) is 6.63. The molecular formula is C13H25NO2. The highest BCUT2D eigenvalue weighted by molar-refractivity contribution is 5.67. The van der Waals surface area contributed by atoms with Crippen LogP contribution in [0.2, 0.25) is 0 Å². The molecule has 0 radical (unpaired) electrons. The molecule has 3 nitrogen and oxygen atoms in total. The summed E-state index contributed by atoms with van der Waals surface area (Å²) >= 11 is 0. The highest BCUT2D eigenvalue weighted by atomic mass is 16.4. The summed E-state index contributed by atoms with van der Waals surface area (Å²) in [5, 5.41) is 8.79. The summed E-state index contributed by atoms with van der Waals surface area (Å²) in [6.07, 6.45) is 6.38. The molecule has 0 bridgehead atoms. The molecule has 0 saturated carbocycles. The lowest BCUT2D eigenvalue weighted by Gasteiger charge is -2.27. The van der Waals surface area contributed by atoms with Gasteiger partial charge in [-0.3, -0.25) is 4.79 Å². The molecule has 16 heavy (non-hydrogen) atoms. The summed E-state index contributed by atoms with van der Waals surface area (Å²) < 4.78 is 0. The van der Waals surface area contributed by atoms with Crippen molar-refractivity contribution in [2.24, 2.45) is 5.92 Å². The number of nitrogens with zero attached hydrogens (tertiary/aromatic N) is 1. The topological polar surface area (TPSA) is 40.5 Å². The molecule has 0 aromatic rings. The lowest BCUT2D eigenvalue weighted by Crippen LogP contribution is -2.33. The van der Waals surface area contributed by atoms with Gasteiger partial charge in [0.2, 0.25) is 0 Å². The van der Waals surface area contributed by atoms with Crippen molar-refractivity contribution < 1.29 is 9.90 Å². The highest BCUT2D eigenvalue weighted by Gasteiger charge is 2.28. The van der Waals surface area contributed by atoms with Gasteiger partial charge in [-0.15, -0.1) is 0 Å². The number of aliphatic carboxylic acids is 1. The van der Waals surface area contributed by atoms with E-state index in [1.165, 1.54) is 25.7 Å². The Bertz CT molecular complexity index is 212. The molecule has 1 atom stereocenters. The zero-order valence-electron chi connectivity index (χ0n) is 10.6. The maximum absolute atomic E-state index is 10.7. The van der Waals surface area contributed by atoms with Gasteiger partial charge >= 0.3 is 5.97 Å². The number of likely N-dealkylation sites (tertiary alicyclic amines) is 1. The van der Waals surface area contributed by atoms with Crippen molar-refractivity contribution >= 4 is 5.97 Å². The molecule has 0 amide bonds. The number of hydrogen-bond acceptors (Lipinski definition) is 2. The third-order valence-corrected chi connectivity index (χ3v) is 3.54. The van der Waals surface area contributed by atoms with E-state index in [4.69, 9.17) is 5.11 Å². The second-order valence-electron chi connectivity index (χ2n) is 4.98. The lowest BCUT2D eigenvalue weighted by atomic mass is 10.0. The number of carboxylic acids is 1. The van der Waals surface area contributed by atoms with Gasteiger partial charge in [0.05, 0.1) is 0 Å². The van der Waals surface area contributed by atoms with E-state index in [9.17, 15) is 4.79 Å². The minimum Gasteiger partial charge on any atom is -0.481 e. The fraction of sp³-hybridized carbons (Fsp3) is 0.923. The number of carboxylic acid groups (broad SMARTS) is 1. The van der Waals surface area contributed by atoms with Crippen LogP contribution in [0.15, 0.2) is 0 Å². The molecule has 1 N–H and O–H groups in total. The fourth-order valence-electron chi connectivity index (χ4n) is 2.78. The standard InChI is InChI=1S/C13H25NO2/c1-3-5-12(6-4-2)14-8-7-11(10-14)9-13(15)16/h11-12H,3-10H2,1-2H3,(H,15,16). The van der Waals surface area contributed by atoms with Gasteiger partial charge < -0.3 is 10.0 Å². The van der Waals surface area contributed by atoms with Crippen LogP contribution in [0.3, 0.4) is 0 Å². The van der Waals surface area contributed by atoms with Crippen molar-refractivity contribution in [1.29, 1.82) is 0 Å². The Kier molecular flexibility index (Phi) is 5.81. The molecule has 1 heterocycles. The number of rotatable bonds is 7. The van der Waals surface area contributed by atoms with Crippen LogP contribution in [0.1, 0.15) is 52.4 Å². The first kappa shape index (κ1) is 13.5. The van der Waals surface area contributed by atoms with E-state index in [2.05, 4.69) is 18.7 Å². The quantitative estimate of drug-likeness (QED) is 0.727. The molecule has 0 aromatic heterocycles. The maximum atomic E-state index is 10.7. The van der Waals surface area contributed by atoms with Crippen LogP contribution in [0.5, 0.6) is 0 Å². The van der Waals surface area contributed by atoms with Crippen molar-refractivity contribution in [3.05, 3.63) is 0 Å². The van der Waals surface area contributed by atoms with Crippen LogP contribution in [-0.4, -0.2) is 35.1 Å². The maximum Gasteiger partial charge on any atom is 0.303 e. The lowest BCUT2D eigenvalue weighted by molar-refractivity contribution is -0.138. The Morgan fingerprint density at radius 2 is 2.00 bits per heavy atom. The molecule has 0 aliphatic carbocycles. The largest absolute Gasteiger partial charge is 0.481 e. The predicted octanol–water partition coefficient (Wildman–Crippen LogP) is 2.75. The van der Waals surface area contributed by atoms with Crippen LogP contribution >= 0.6 is 0 Å². The predicted molar refractivity (Wildman–Crippen MR) is 65.5 cm³/mol. The monoisotopic (exact) mass is 227 g/mol. The van der Waals surface area contributed by atoms with Gasteiger partial charge in [0.1, 0.15) is 0 Å². The number of carbonyl (C=O) groups is 1. The van der Waals surface area contributed by atoms with Crippen LogP contribution in [0, 0.1) is 5.92 Å². The molecular weight excluding hydrogens is 202 g/mol. The van der Waals surface area contributed by atoms with Crippen molar-refractivity contribution in [2.45, 2.75) is 58.4 Å². The summed E-state index contributed by atoms with van der Waals surface area (Å²) in [7, 11) is 0. The molecule has 1 rings (SSSR count). The molecule has 94 valence electrons. The van der Waals surface area contributed by atoms with Crippen LogP contribution in [0.25, 0.3) is 0 Å². The minimum absolute atomic E-state index is 0.349. The summed E-state index contributed by atoms with van der Waals surface area (Å²) in [5.74, 6) is -0.261. The summed E-state index contributed by atoms with van der Waals surface area (Å²) in [5.41, 5.74) is 0. The van der Waals surface area contributed by atoms with E-state index in [1.54, 1.807) is 0 Å². The van der Waals surface area contributed by atoms with Gasteiger partial charge in [-0.05, 0) is 31.7 Å². The molecule has 3 heteroatoms. The molecule has 0 aromatic carbocycles. The van der Waals surface area contributed by atoms with Gasteiger partial charge in [-0.2, -0.15) is 0 Å². The smallest absolute Gasteiger partial charge is 0.303 e. The van der Waals surface area contributed by atoms with Crippen LogP contribution in [0.4, 0.5) is 0 Å². The molecule has 1 saturated heterocycles. The average Bonchev–Trinajstić information content (AvgIpc) is 2.65. The average molecular weight is 227 g/mol. The summed E-state index contributed by atoms with van der Waals surface area (Å²) in [4.78, 5) is 13.2. The summed E-state index contributed by atoms with van der Waals surface area (Å²) in [6.45, 7) is 6.56. The first-order valence-corrected chi connectivity index (χ1v) is 6.63. The minimum atomic E-state index is -0.644. The van der Waals surface area contributed by atoms with E-state index < -0.39 is 5.97 Å². The molecule has 1 aliphatic rings. The van der Waals surface area contributed by atoms with Crippen molar-refractivity contribution in [2.75, 3.05) is 13.1 Å².